The fraction of sp³-hybridized carbons (Fsp3) is 0.688. The molecule has 21 heavy (non-hydrogen) atoms. The van der Waals surface area contributed by atoms with Crippen LogP contribution in [0.25, 0.3) is 0 Å². The van der Waals surface area contributed by atoms with Crippen molar-refractivity contribution in [1.82, 2.24) is 14.9 Å². The molecule has 3 rings (SSSR count). The largest absolute Gasteiger partial charge is 0.357 e. The molecular weight excluding hydrogens is 264 g/mol. The highest BCUT2D eigenvalue weighted by Crippen LogP contribution is 2.23. The van der Waals surface area contributed by atoms with Crippen LogP contribution >= 0.6 is 0 Å². The maximum atomic E-state index is 12.8. The van der Waals surface area contributed by atoms with Crippen LogP contribution in [0.1, 0.15) is 55.9 Å². The third-order valence-electron chi connectivity index (χ3n) is 4.66. The van der Waals surface area contributed by atoms with Crippen LogP contribution in [-0.4, -0.2) is 46.5 Å². The van der Waals surface area contributed by atoms with Crippen molar-refractivity contribution in [2.24, 2.45) is 0 Å². The first-order valence-electron chi connectivity index (χ1n) is 8.17. The minimum Gasteiger partial charge on any atom is -0.357 e. The number of rotatable bonds is 3. The Morgan fingerprint density at radius 1 is 1.19 bits per heavy atom. The van der Waals surface area contributed by atoms with E-state index in [1.54, 1.807) is 0 Å². The molecule has 1 amide bonds. The van der Waals surface area contributed by atoms with Gasteiger partial charge in [-0.1, -0.05) is 6.92 Å². The summed E-state index contributed by atoms with van der Waals surface area (Å²) >= 11 is 0. The minimum atomic E-state index is 0.0735. The van der Waals surface area contributed by atoms with Gasteiger partial charge in [0.1, 0.15) is 17.8 Å². The normalized spacial score (nSPS) is 22.6. The van der Waals surface area contributed by atoms with Gasteiger partial charge < -0.3 is 9.80 Å². The Morgan fingerprint density at radius 3 is 2.71 bits per heavy atom. The summed E-state index contributed by atoms with van der Waals surface area (Å²) in [6.07, 6.45) is 8.42. The molecule has 0 aromatic carbocycles. The van der Waals surface area contributed by atoms with Gasteiger partial charge in [-0.05, 0) is 38.5 Å². The number of likely N-dealkylation sites (tertiary alicyclic amines) is 1. The summed E-state index contributed by atoms with van der Waals surface area (Å²) in [5, 5.41) is 0. The van der Waals surface area contributed by atoms with Gasteiger partial charge in [-0.2, -0.15) is 0 Å². The smallest absolute Gasteiger partial charge is 0.272 e. The second-order valence-corrected chi connectivity index (χ2v) is 6.01. The fourth-order valence-corrected chi connectivity index (χ4v) is 3.42. The molecule has 0 bridgehead atoms. The number of hydrogen-bond donors (Lipinski definition) is 0. The molecule has 2 aliphatic heterocycles. The van der Waals surface area contributed by atoms with Crippen molar-refractivity contribution in [3.05, 3.63) is 18.1 Å². The maximum Gasteiger partial charge on any atom is 0.272 e. The van der Waals surface area contributed by atoms with Crippen molar-refractivity contribution in [3.63, 3.8) is 0 Å². The van der Waals surface area contributed by atoms with Crippen molar-refractivity contribution in [2.45, 2.75) is 51.5 Å². The van der Waals surface area contributed by atoms with Gasteiger partial charge in [0.2, 0.25) is 0 Å². The first-order valence-corrected chi connectivity index (χ1v) is 8.17. The highest BCUT2D eigenvalue weighted by molar-refractivity contribution is 5.93. The molecule has 0 aliphatic carbocycles. The van der Waals surface area contributed by atoms with Crippen LogP contribution in [0.4, 0.5) is 5.82 Å². The zero-order chi connectivity index (χ0) is 14.7. The Bertz CT molecular complexity index is 499. The highest BCUT2D eigenvalue weighted by Gasteiger charge is 2.27. The molecule has 2 fully saturated rings. The summed E-state index contributed by atoms with van der Waals surface area (Å²) in [5.74, 6) is 0.973. The lowest BCUT2D eigenvalue weighted by Gasteiger charge is -2.35. The van der Waals surface area contributed by atoms with Gasteiger partial charge in [0.05, 0.1) is 0 Å². The molecule has 2 saturated heterocycles. The molecule has 5 nitrogen and oxygen atoms in total. The molecule has 114 valence electrons. The summed E-state index contributed by atoms with van der Waals surface area (Å²) in [7, 11) is 0. The zero-order valence-corrected chi connectivity index (χ0v) is 12.8. The summed E-state index contributed by atoms with van der Waals surface area (Å²) in [5.41, 5.74) is 0.548. The lowest BCUT2D eigenvalue weighted by molar-refractivity contribution is 0.0602. The predicted molar refractivity (Wildman–Crippen MR) is 82.4 cm³/mol. The summed E-state index contributed by atoms with van der Waals surface area (Å²) < 4.78 is 0. The van der Waals surface area contributed by atoms with Crippen LogP contribution in [0, 0.1) is 0 Å². The van der Waals surface area contributed by atoms with E-state index in [9.17, 15) is 4.79 Å². The molecule has 1 aromatic rings. The van der Waals surface area contributed by atoms with Gasteiger partial charge in [0, 0.05) is 31.7 Å². The van der Waals surface area contributed by atoms with Crippen LogP contribution in [0.5, 0.6) is 0 Å². The zero-order valence-electron chi connectivity index (χ0n) is 12.8. The van der Waals surface area contributed by atoms with Crippen molar-refractivity contribution in [3.8, 4) is 0 Å². The van der Waals surface area contributed by atoms with E-state index in [1.807, 2.05) is 11.0 Å². The van der Waals surface area contributed by atoms with Crippen LogP contribution in [-0.2, 0) is 0 Å². The number of hydrogen-bond acceptors (Lipinski definition) is 4. The standard InChI is InChI=1S/C16H24N4O/c1-2-13-7-3-4-10-20(13)16(21)14-11-15(18-12-17-14)19-8-5-6-9-19/h11-13H,2-10H2,1H3. The van der Waals surface area contributed by atoms with Gasteiger partial charge in [0.15, 0.2) is 0 Å². The lowest BCUT2D eigenvalue weighted by Crippen LogP contribution is -2.43. The average molecular weight is 288 g/mol. The van der Waals surface area contributed by atoms with Crippen LogP contribution in [0.2, 0.25) is 0 Å². The molecule has 1 atom stereocenters. The highest BCUT2D eigenvalue weighted by atomic mass is 16.2. The van der Waals surface area contributed by atoms with E-state index >= 15 is 0 Å². The number of carbonyl (C=O) groups is 1. The predicted octanol–water partition coefficient (Wildman–Crippen LogP) is 2.48. The second kappa shape index (κ2) is 6.41. The molecule has 0 N–H and O–H groups in total. The van der Waals surface area contributed by atoms with Crippen LogP contribution in [0.15, 0.2) is 12.4 Å². The van der Waals surface area contributed by atoms with E-state index in [0.29, 0.717) is 11.7 Å². The quantitative estimate of drug-likeness (QED) is 0.857. The van der Waals surface area contributed by atoms with Gasteiger partial charge in [-0.25, -0.2) is 9.97 Å². The molecule has 5 heteroatoms. The topological polar surface area (TPSA) is 49.3 Å². The Balaban J connectivity index is 1.78. The monoisotopic (exact) mass is 288 g/mol. The van der Waals surface area contributed by atoms with Crippen LogP contribution in [0.3, 0.4) is 0 Å². The Hall–Kier alpha value is -1.65. The van der Waals surface area contributed by atoms with E-state index in [-0.39, 0.29) is 5.91 Å². The van der Waals surface area contributed by atoms with Crippen LogP contribution < -0.4 is 4.90 Å². The molecular formula is C16H24N4O. The maximum absolute atomic E-state index is 12.8. The van der Waals surface area contributed by atoms with Crippen molar-refractivity contribution in [1.29, 1.82) is 0 Å². The first-order chi connectivity index (χ1) is 10.3. The number of carbonyl (C=O) groups excluding carboxylic acids is 1. The van der Waals surface area contributed by atoms with Crippen molar-refractivity contribution >= 4 is 11.7 Å². The number of amides is 1. The Labute approximate surface area is 126 Å². The number of aromatic nitrogens is 2. The van der Waals surface area contributed by atoms with E-state index in [0.717, 1.165) is 44.7 Å². The van der Waals surface area contributed by atoms with Crippen molar-refractivity contribution < 1.29 is 4.79 Å². The van der Waals surface area contributed by atoms with E-state index in [1.165, 1.54) is 25.6 Å². The first kappa shape index (κ1) is 14.3. The number of anilines is 1. The summed E-state index contributed by atoms with van der Waals surface area (Å²) in [4.78, 5) is 25.6. The molecule has 1 unspecified atom stereocenters. The van der Waals surface area contributed by atoms with Gasteiger partial charge in [-0.15, -0.1) is 0 Å². The molecule has 0 spiro atoms. The minimum absolute atomic E-state index is 0.0735. The van der Waals surface area contributed by atoms with Gasteiger partial charge in [-0.3, -0.25) is 4.79 Å². The van der Waals surface area contributed by atoms with E-state index < -0.39 is 0 Å². The number of nitrogens with zero attached hydrogens (tertiary/aromatic N) is 4. The summed E-state index contributed by atoms with van der Waals surface area (Å²) in [6, 6.07) is 2.24. The molecule has 0 saturated carbocycles. The Kier molecular flexibility index (Phi) is 4.36. The molecule has 0 radical (unpaired) electrons. The number of piperidine rings is 1. The fourth-order valence-electron chi connectivity index (χ4n) is 3.42. The average Bonchev–Trinajstić information content (AvgIpc) is 3.09. The summed E-state index contributed by atoms with van der Waals surface area (Å²) in [6.45, 7) is 5.09. The Morgan fingerprint density at radius 2 is 1.95 bits per heavy atom. The van der Waals surface area contributed by atoms with E-state index in [2.05, 4.69) is 21.8 Å². The molecule has 2 aliphatic rings. The molecule has 3 heterocycles. The lowest BCUT2D eigenvalue weighted by atomic mass is 9.99. The molecule has 1 aromatic heterocycles. The van der Waals surface area contributed by atoms with Gasteiger partial charge in [0.25, 0.3) is 5.91 Å². The third kappa shape index (κ3) is 3.01. The second-order valence-electron chi connectivity index (χ2n) is 6.01. The van der Waals surface area contributed by atoms with Crippen molar-refractivity contribution in [2.75, 3.05) is 24.5 Å². The van der Waals surface area contributed by atoms with Gasteiger partial charge >= 0.3 is 0 Å². The SMILES string of the molecule is CCC1CCCCN1C(=O)c1cc(N2CCCC2)ncn1. The third-order valence-corrected chi connectivity index (χ3v) is 4.66. The van der Waals surface area contributed by atoms with E-state index in [4.69, 9.17) is 0 Å².